The number of benzene rings is 1. The Morgan fingerprint density at radius 3 is 3.12 bits per heavy atom. The summed E-state index contributed by atoms with van der Waals surface area (Å²) in [6.45, 7) is 2.09. The molecule has 1 aromatic carbocycles. The molecule has 0 fully saturated rings. The van der Waals surface area contributed by atoms with Crippen molar-refractivity contribution < 1.29 is 4.39 Å². The summed E-state index contributed by atoms with van der Waals surface area (Å²) in [6.07, 6.45) is 1.01. The summed E-state index contributed by atoms with van der Waals surface area (Å²) in [5.74, 6) is 0.536. The molecule has 0 saturated carbocycles. The molecule has 2 rings (SSSR count). The normalized spacial score (nSPS) is 19.7. The lowest BCUT2D eigenvalue weighted by atomic mass is 10.3. The lowest BCUT2D eigenvalue weighted by Crippen LogP contribution is -2.07. The molecule has 1 atom stereocenters. The largest absolute Gasteiger partial charge is 0.333 e. The van der Waals surface area contributed by atoms with Crippen LogP contribution in [0.3, 0.4) is 0 Å². The van der Waals surface area contributed by atoms with Gasteiger partial charge in [0.15, 0.2) is 11.0 Å². The molecule has 2 nitrogen and oxygen atoms in total. The quantitative estimate of drug-likeness (QED) is 0.873. The third-order valence-corrected chi connectivity index (χ3v) is 3.70. The second-order valence-electron chi connectivity index (χ2n) is 3.53. The van der Waals surface area contributed by atoms with Gasteiger partial charge >= 0.3 is 0 Å². The molecule has 1 aliphatic rings. The van der Waals surface area contributed by atoms with Gasteiger partial charge in [-0.05, 0) is 18.6 Å². The molecule has 1 aliphatic heterocycles. The summed E-state index contributed by atoms with van der Waals surface area (Å²) in [5.41, 5.74) is 0.385. The zero-order chi connectivity index (χ0) is 11.5. The van der Waals surface area contributed by atoms with Crippen LogP contribution in [0.1, 0.15) is 13.3 Å². The van der Waals surface area contributed by atoms with E-state index in [1.807, 2.05) is 0 Å². The fraction of sp³-hybridized carbons (Fsp3) is 0.364. The lowest BCUT2D eigenvalue weighted by Gasteiger charge is -2.06. The van der Waals surface area contributed by atoms with Crippen molar-refractivity contribution in [3.8, 4) is 0 Å². The number of aliphatic imine (C=N–C) groups is 1. The van der Waals surface area contributed by atoms with E-state index in [1.54, 1.807) is 23.9 Å². The molecule has 0 aliphatic carbocycles. The third kappa shape index (κ3) is 2.50. The monoisotopic (exact) mass is 258 g/mol. The number of anilines is 1. The van der Waals surface area contributed by atoms with Gasteiger partial charge in [-0.25, -0.2) is 4.39 Å². The van der Waals surface area contributed by atoms with Crippen molar-refractivity contribution >= 4 is 34.2 Å². The third-order valence-electron chi connectivity index (χ3n) is 2.38. The SMILES string of the molecule is CCC1CSC(Nc2cccc(Cl)c2F)=N1. The summed E-state index contributed by atoms with van der Waals surface area (Å²) in [4.78, 5) is 4.43. The summed E-state index contributed by atoms with van der Waals surface area (Å²) in [5, 5.41) is 3.86. The minimum Gasteiger partial charge on any atom is -0.333 e. The minimum absolute atomic E-state index is 0.126. The van der Waals surface area contributed by atoms with Crippen LogP contribution < -0.4 is 5.32 Å². The first-order valence-electron chi connectivity index (χ1n) is 5.12. The highest BCUT2D eigenvalue weighted by Crippen LogP contribution is 2.26. The average Bonchev–Trinajstić information content (AvgIpc) is 2.73. The number of amidine groups is 1. The van der Waals surface area contributed by atoms with Crippen LogP contribution in [0.4, 0.5) is 10.1 Å². The zero-order valence-electron chi connectivity index (χ0n) is 8.84. The van der Waals surface area contributed by atoms with Crippen molar-refractivity contribution in [2.24, 2.45) is 4.99 Å². The molecule has 1 unspecified atom stereocenters. The number of rotatable bonds is 2. The van der Waals surface area contributed by atoms with Crippen LogP contribution in [0.2, 0.25) is 5.02 Å². The molecular formula is C11H12ClFN2S. The Hall–Kier alpha value is -0.740. The van der Waals surface area contributed by atoms with Gasteiger partial charge in [-0.15, -0.1) is 0 Å². The molecule has 86 valence electrons. The molecule has 16 heavy (non-hydrogen) atoms. The molecule has 5 heteroatoms. The van der Waals surface area contributed by atoms with Crippen molar-refractivity contribution in [2.75, 3.05) is 11.1 Å². The Bertz CT molecular complexity index is 422. The van der Waals surface area contributed by atoms with Gasteiger partial charge in [0.25, 0.3) is 0 Å². The molecule has 0 aromatic heterocycles. The lowest BCUT2D eigenvalue weighted by molar-refractivity contribution is 0.632. The van der Waals surface area contributed by atoms with Crippen LogP contribution in [0.25, 0.3) is 0 Å². The highest BCUT2D eigenvalue weighted by molar-refractivity contribution is 8.14. The Morgan fingerprint density at radius 2 is 2.44 bits per heavy atom. The van der Waals surface area contributed by atoms with Gasteiger partial charge in [0.2, 0.25) is 0 Å². The number of hydrogen-bond acceptors (Lipinski definition) is 3. The zero-order valence-corrected chi connectivity index (χ0v) is 10.4. The van der Waals surface area contributed by atoms with Gasteiger partial charge in [0.1, 0.15) is 0 Å². The van der Waals surface area contributed by atoms with E-state index in [9.17, 15) is 4.39 Å². The van der Waals surface area contributed by atoms with Crippen LogP contribution >= 0.6 is 23.4 Å². The van der Waals surface area contributed by atoms with Crippen LogP contribution in [0, 0.1) is 5.82 Å². The van der Waals surface area contributed by atoms with Crippen LogP contribution in [0.5, 0.6) is 0 Å². The van der Waals surface area contributed by atoms with Crippen molar-refractivity contribution in [3.05, 3.63) is 29.0 Å². The van der Waals surface area contributed by atoms with Crippen molar-refractivity contribution in [1.82, 2.24) is 0 Å². The molecule has 0 saturated heterocycles. The fourth-order valence-corrected chi connectivity index (χ4v) is 2.65. The predicted octanol–water partition coefficient (Wildman–Crippen LogP) is 3.77. The number of hydrogen-bond donors (Lipinski definition) is 1. The van der Waals surface area contributed by atoms with E-state index in [4.69, 9.17) is 11.6 Å². The number of nitrogens with one attached hydrogen (secondary N) is 1. The molecule has 1 aromatic rings. The first kappa shape index (κ1) is 11.7. The van der Waals surface area contributed by atoms with Gasteiger partial charge in [0, 0.05) is 5.75 Å². The Labute approximate surface area is 103 Å². The average molecular weight is 259 g/mol. The van der Waals surface area contributed by atoms with Crippen molar-refractivity contribution in [2.45, 2.75) is 19.4 Å². The van der Waals surface area contributed by atoms with Crippen molar-refractivity contribution in [3.63, 3.8) is 0 Å². The first-order valence-corrected chi connectivity index (χ1v) is 6.48. The summed E-state index contributed by atoms with van der Waals surface area (Å²) in [6, 6.07) is 5.24. The van der Waals surface area contributed by atoms with Gasteiger partial charge in [-0.3, -0.25) is 4.99 Å². The number of nitrogens with zero attached hydrogens (tertiary/aromatic N) is 1. The van der Waals surface area contributed by atoms with E-state index in [1.165, 1.54) is 6.07 Å². The van der Waals surface area contributed by atoms with E-state index < -0.39 is 5.82 Å². The minimum atomic E-state index is -0.424. The fourth-order valence-electron chi connectivity index (χ4n) is 1.41. The van der Waals surface area contributed by atoms with E-state index in [0.717, 1.165) is 17.3 Å². The van der Waals surface area contributed by atoms with Crippen LogP contribution in [-0.2, 0) is 0 Å². The molecule has 0 amide bonds. The predicted molar refractivity (Wildman–Crippen MR) is 69.0 cm³/mol. The van der Waals surface area contributed by atoms with Crippen molar-refractivity contribution in [1.29, 1.82) is 0 Å². The topological polar surface area (TPSA) is 24.4 Å². The smallest absolute Gasteiger partial charge is 0.165 e. The van der Waals surface area contributed by atoms with Gasteiger partial charge in [-0.1, -0.05) is 36.4 Å². The summed E-state index contributed by atoms with van der Waals surface area (Å²) >= 11 is 7.31. The van der Waals surface area contributed by atoms with Crippen LogP contribution in [-0.4, -0.2) is 17.0 Å². The Balaban J connectivity index is 2.13. The molecular weight excluding hydrogens is 247 g/mol. The first-order chi connectivity index (χ1) is 7.70. The maximum absolute atomic E-state index is 13.6. The van der Waals surface area contributed by atoms with Crippen LogP contribution in [0.15, 0.2) is 23.2 Å². The maximum Gasteiger partial charge on any atom is 0.165 e. The highest BCUT2D eigenvalue weighted by Gasteiger charge is 2.17. The summed E-state index contributed by atoms with van der Waals surface area (Å²) < 4.78 is 13.6. The van der Waals surface area contributed by atoms with Gasteiger partial charge in [0.05, 0.1) is 16.8 Å². The van der Waals surface area contributed by atoms with E-state index in [-0.39, 0.29) is 5.02 Å². The van der Waals surface area contributed by atoms with E-state index in [2.05, 4.69) is 17.2 Å². The van der Waals surface area contributed by atoms with Gasteiger partial charge in [-0.2, -0.15) is 0 Å². The number of halogens is 2. The summed E-state index contributed by atoms with van der Waals surface area (Å²) in [7, 11) is 0. The second kappa shape index (κ2) is 5.06. The molecule has 1 N–H and O–H groups in total. The standard InChI is InChI=1S/C11H12ClFN2S/c1-2-7-6-16-11(14-7)15-9-5-3-4-8(12)10(9)13/h3-5,7H,2,6H2,1H3,(H,14,15). The second-order valence-corrected chi connectivity index (χ2v) is 4.95. The molecule has 0 bridgehead atoms. The molecule has 0 radical (unpaired) electrons. The number of thioether (sulfide) groups is 1. The molecule has 0 spiro atoms. The maximum atomic E-state index is 13.6. The Kier molecular flexibility index (Phi) is 3.71. The van der Waals surface area contributed by atoms with Gasteiger partial charge < -0.3 is 5.32 Å². The van der Waals surface area contributed by atoms with E-state index >= 15 is 0 Å². The van der Waals surface area contributed by atoms with E-state index in [0.29, 0.717) is 11.7 Å². The molecule has 1 heterocycles. The highest BCUT2D eigenvalue weighted by atomic mass is 35.5. The Morgan fingerprint density at radius 1 is 1.62 bits per heavy atom.